The van der Waals surface area contributed by atoms with Crippen LogP contribution in [0.15, 0.2) is 115 Å². The summed E-state index contributed by atoms with van der Waals surface area (Å²) in [5.74, 6) is -2.84. The number of Topliss-reactive ketones (excluding diaryl/α,β-unsaturated/α-hetero) is 2. The summed E-state index contributed by atoms with van der Waals surface area (Å²) in [7, 11) is 1.57. The van der Waals surface area contributed by atoms with Crippen molar-refractivity contribution in [2.45, 2.75) is 64.7 Å². The van der Waals surface area contributed by atoms with Crippen LogP contribution in [0.5, 0.6) is 5.75 Å². The van der Waals surface area contributed by atoms with Crippen LogP contribution in [0.1, 0.15) is 54.9 Å². The van der Waals surface area contributed by atoms with Gasteiger partial charge in [-0.05, 0) is 60.6 Å². The topological polar surface area (TPSA) is 146 Å². The Morgan fingerprint density at radius 3 is 1.82 bits per heavy atom. The molecule has 2 N–H and O–H groups in total. The van der Waals surface area contributed by atoms with Crippen molar-refractivity contribution in [3.05, 3.63) is 138 Å². The van der Waals surface area contributed by atoms with Crippen LogP contribution in [-0.2, 0) is 64.2 Å². The van der Waals surface area contributed by atoms with Gasteiger partial charge in [-0.3, -0.25) is 19.2 Å². The Hall–Kier alpha value is -5.65. The first-order valence-corrected chi connectivity index (χ1v) is 19.4. The number of carbonyl (C=O) groups excluding carboxylic acids is 5. The number of esters is 1. The van der Waals surface area contributed by atoms with Gasteiger partial charge in [0.2, 0.25) is 11.8 Å². The minimum atomic E-state index is -0.999. The summed E-state index contributed by atoms with van der Waals surface area (Å²) in [5.41, 5.74) is 3.51. The molecule has 0 bridgehead atoms. The molecule has 0 aliphatic heterocycles. The van der Waals surface area contributed by atoms with Gasteiger partial charge in [0.05, 0.1) is 25.9 Å². The Labute approximate surface area is 335 Å². The fourth-order valence-electron chi connectivity index (χ4n) is 6.18. The van der Waals surface area contributed by atoms with E-state index >= 15 is 0 Å². The van der Waals surface area contributed by atoms with Crippen LogP contribution in [0.25, 0.3) is 0 Å². The molecule has 11 heteroatoms. The lowest BCUT2D eigenvalue weighted by Crippen LogP contribution is -2.47. The van der Waals surface area contributed by atoms with Crippen LogP contribution < -0.4 is 15.4 Å². The molecule has 0 aliphatic carbocycles. The summed E-state index contributed by atoms with van der Waals surface area (Å²) in [6, 6.07) is 34.7. The second-order valence-electron chi connectivity index (χ2n) is 13.9. The maximum Gasteiger partial charge on any atom is 0.306 e. The molecule has 4 aromatic carbocycles. The summed E-state index contributed by atoms with van der Waals surface area (Å²) in [6.07, 6.45) is 0.148. The van der Waals surface area contributed by atoms with Crippen molar-refractivity contribution in [2.24, 2.45) is 11.8 Å². The highest BCUT2D eigenvalue weighted by molar-refractivity contribution is 5.94. The molecule has 0 unspecified atom stereocenters. The maximum atomic E-state index is 14.2. The van der Waals surface area contributed by atoms with Crippen molar-refractivity contribution in [1.29, 1.82) is 0 Å². The molecule has 0 aromatic heterocycles. The third-order valence-electron chi connectivity index (χ3n) is 9.28. The number of ketones is 2. The molecule has 302 valence electrons. The number of hydrogen-bond acceptors (Lipinski definition) is 9. The molecule has 2 amide bonds. The van der Waals surface area contributed by atoms with Crippen molar-refractivity contribution in [3.8, 4) is 5.75 Å². The highest BCUT2D eigenvalue weighted by Crippen LogP contribution is 2.21. The molecular weight excluding hydrogens is 725 g/mol. The average Bonchev–Trinajstić information content (AvgIpc) is 3.22. The number of amides is 2. The van der Waals surface area contributed by atoms with E-state index in [2.05, 4.69) is 10.6 Å². The fraction of sp³-hybridized carbons (Fsp3) is 0.370. The Kier molecular flexibility index (Phi) is 19.2. The quantitative estimate of drug-likeness (QED) is 0.0578. The molecule has 0 spiro atoms. The summed E-state index contributed by atoms with van der Waals surface area (Å²) < 4.78 is 21.8. The van der Waals surface area contributed by atoms with Crippen LogP contribution in [-0.4, -0.2) is 68.9 Å². The van der Waals surface area contributed by atoms with Gasteiger partial charge < -0.3 is 34.4 Å². The van der Waals surface area contributed by atoms with Gasteiger partial charge >= 0.3 is 5.97 Å². The third-order valence-corrected chi connectivity index (χ3v) is 9.28. The highest BCUT2D eigenvalue weighted by Gasteiger charge is 2.31. The number of nitrogens with one attached hydrogen (secondary N) is 2. The standard InChI is InChI=1S/C46H54N2O9/c1-34(49)28-40(29-36-18-21-41(22-19-36)56-32-37-14-8-4-9-15-37)46(53)48-42(30-35-12-6-3-7-13-35)43(50)31-39(45(52)47-24-25-55-27-26-54-2)20-23-44(51)57-33-38-16-10-5-11-17-38/h3-19,21-22,39-40,42H,20,23-33H2,1-2H3,(H,47,52)(H,48,53)/t39-,40+,42-/m1/s1. The summed E-state index contributed by atoms with van der Waals surface area (Å²) in [4.78, 5) is 66.8. The number of methoxy groups -OCH3 is 1. The summed E-state index contributed by atoms with van der Waals surface area (Å²) >= 11 is 0. The molecule has 0 heterocycles. The fourth-order valence-corrected chi connectivity index (χ4v) is 6.18. The third kappa shape index (κ3) is 16.9. The van der Waals surface area contributed by atoms with Gasteiger partial charge in [-0.2, -0.15) is 0 Å². The maximum absolute atomic E-state index is 14.2. The van der Waals surface area contributed by atoms with Gasteiger partial charge in [0.15, 0.2) is 5.78 Å². The molecule has 4 aromatic rings. The normalized spacial score (nSPS) is 12.5. The molecule has 0 saturated carbocycles. The molecule has 4 rings (SSSR count). The minimum Gasteiger partial charge on any atom is -0.489 e. The molecule has 0 aliphatic rings. The Balaban J connectivity index is 1.45. The van der Waals surface area contributed by atoms with Gasteiger partial charge in [-0.1, -0.05) is 103 Å². The van der Waals surface area contributed by atoms with E-state index in [0.717, 1.165) is 22.3 Å². The van der Waals surface area contributed by atoms with E-state index in [-0.39, 0.29) is 69.8 Å². The number of ether oxygens (including phenoxy) is 4. The monoisotopic (exact) mass is 778 g/mol. The second-order valence-corrected chi connectivity index (χ2v) is 13.9. The van der Waals surface area contributed by atoms with Crippen LogP contribution in [0.3, 0.4) is 0 Å². The van der Waals surface area contributed by atoms with Gasteiger partial charge in [0, 0.05) is 44.8 Å². The van der Waals surface area contributed by atoms with E-state index < -0.39 is 35.7 Å². The predicted molar refractivity (Wildman–Crippen MR) is 216 cm³/mol. The molecule has 0 saturated heterocycles. The van der Waals surface area contributed by atoms with Crippen LogP contribution in [0.2, 0.25) is 0 Å². The van der Waals surface area contributed by atoms with Gasteiger partial charge in [0.1, 0.15) is 24.7 Å². The van der Waals surface area contributed by atoms with E-state index in [1.165, 1.54) is 6.92 Å². The van der Waals surface area contributed by atoms with Gasteiger partial charge in [0.25, 0.3) is 0 Å². The second kappa shape index (κ2) is 24.8. The molecule has 0 radical (unpaired) electrons. The molecule has 0 fully saturated rings. The van der Waals surface area contributed by atoms with Crippen LogP contribution >= 0.6 is 0 Å². The van der Waals surface area contributed by atoms with Crippen molar-refractivity contribution >= 4 is 29.4 Å². The number of benzene rings is 4. The van der Waals surface area contributed by atoms with Crippen LogP contribution in [0.4, 0.5) is 0 Å². The SMILES string of the molecule is COCCOCCNC(=O)[C@H](CCC(=O)OCc1ccccc1)CC(=O)[C@@H](Cc1ccccc1)NC(=O)[C@@H](CC(C)=O)Cc1ccc(OCc2ccccc2)cc1. The first-order valence-electron chi connectivity index (χ1n) is 19.4. The Morgan fingerprint density at radius 2 is 1.21 bits per heavy atom. The van der Waals surface area contributed by atoms with E-state index in [4.69, 9.17) is 18.9 Å². The van der Waals surface area contributed by atoms with Gasteiger partial charge in [-0.15, -0.1) is 0 Å². The Morgan fingerprint density at radius 1 is 0.614 bits per heavy atom. The van der Waals surface area contributed by atoms with Crippen molar-refractivity contribution in [3.63, 3.8) is 0 Å². The summed E-state index contributed by atoms with van der Waals surface area (Å²) in [5, 5.41) is 5.76. The zero-order valence-electron chi connectivity index (χ0n) is 32.9. The lowest BCUT2D eigenvalue weighted by atomic mass is 9.89. The first kappa shape index (κ1) is 44.1. The zero-order valence-corrected chi connectivity index (χ0v) is 32.9. The largest absolute Gasteiger partial charge is 0.489 e. The zero-order chi connectivity index (χ0) is 40.7. The van der Waals surface area contributed by atoms with E-state index in [9.17, 15) is 24.0 Å². The lowest BCUT2D eigenvalue weighted by molar-refractivity contribution is -0.145. The molecule has 3 atom stereocenters. The predicted octanol–water partition coefficient (Wildman–Crippen LogP) is 6.01. The van der Waals surface area contributed by atoms with E-state index in [1.54, 1.807) is 7.11 Å². The van der Waals surface area contributed by atoms with E-state index in [0.29, 0.717) is 25.6 Å². The van der Waals surface area contributed by atoms with Crippen molar-refractivity contribution in [2.75, 3.05) is 33.5 Å². The molecule has 11 nitrogen and oxygen atoms in total. The number of rotatable bonds is 26. The van der Waals surface area contributed by atoms with Gasteiger partial charge in [-0.25, -0.2) is 0 Å². The summed E-state index contributed by atoms with van der Waals surface area (Å²) in [6.45, 7) is 3.15. The lowest BCUT2D eigenvalue weighted by Gasteiger charge is -2.24. The molecule has 57 heavy (non-hydrogen) atoms. The first-order chi connectivity index (χ1) is 27.7. The number of carbonyl (C=O) groups is 5. The minimum absolute atomic E-state index is 0.0209. The average molecular weight is 779 g/mol. The van der Waals surface area contributed by atoms with Crippen molar-refractivity contribution in [1.82, 2.24) is 10.6 Å². The highest BCUT2D eigenvalue weighted by atomic mass is 16.5. The van der Waals surface area contributed by atoms with E-state index in [1.807, 2.05) is 115 Å². The Bertz CT molecular complexity index is 1820. The van der Waals surface area contributed by atoms with Crippen molar-refractivity contribution < 1.29 is 42.9 Å². The molecular formula is C46H54N2O9. The van der Waals surface area contributed by atoms with Crippen LogP contribution in [0, 0.1) is 11.8 Å². The number of hydrogen-bond donors (Lipinski definition) is 2. The smallest absolute Gasteiger partial charge is 0.306 e.